The molecule has 0 saturated carbocycles. The molecule has 0 unspecified atom stereocenters. The number of benzene rings is 1. The van der Waals surface area contributed by atoms with E-state index in [1.54, 1.807) is 6.07 Å². The Morgan fingerprint density at radius 1 is 1.20 bits per heavy atom. The lowest BCUT2D eigenvalue weighted by Crippen LogP contribution is -2.07. The van der Waals surface area contributed by atoms with E-state index in [4.69, 9.17) is 0 Å². The van der Waals surface area contributed by atoms with Crippen molar-refractivity contribution in [2.45, 2.75) is 0 Å². The summed E-state index contributed by atoms with van der Waals surface area (Å²) in [5.74, 6) is 0.599. The Labute approximate surface area is 94.5 Å². The highest BCUT2D eigenvalue weighted by molar-refractivity contribution is 9.10. The van der Waals surface area contributed by atoms with Crippen LogP contribution in [0.3, 0.4) is 0 Å². The van der Waals surface area contributed by atoms with Gasteiger partial charge in [0.2, 0.25) is 0 Å². The maximum absolute atomic E-state index is 10.8. The SMILES string of the molecule is O=c1ccc(Nc2ccccc2Br)n[nH]1. The third kappa shape index (κ3) is 2.44. The number of aromatic nitrogens is 2. The fraction of sp³-hybridized carbons (Fsp3) is 0. The van der Waals surface area contributed by atoms with Crippen molar-refractivity contribution in [3.63, 3.8) is 0 Å². The Balaban J connectivity index is 2.26. The van der Waals surface area contributed by atoms with Crippen LogP contribution in [0.2, 0.25) is 0 Å². The molecule has 0 fully saturated rings. The van der Waals surface area contributed by atoms with E-state index in [1.165, 1.54) is 6.07 Å². The quantitative estimate of drug-likeness (QED) is 0.876. The highest BCUT2D eigenvalue weighted by atomic mass is 79.9. The molecule has 5 heteroatoms. The van der Waals surface area contributed by atoms with Crippen molar-refractivity contribution in [2.75, 3.05) is 5.32 Å². The summed E-state index contributed by atoms with van der Waals surface area (Å²) in [5.41, 5.74) is 0.685. The van der Waals surface area contributed by atoms with E-state index in [1.807, 2.05) is 24.3 Å². The lowest BCUT2D eigenvalue weighted by atomic mass is 10.3. The van der Waals surface area contributed by atoms with Gasteiger partial charge < -0.3 is 5.32 Å². The molecule has 2 aromatic rings. The Kier molecular flexibility index (Phi) is 2.82. The largest absolute Gasteiger partial charge is 0.338 e. The minimum absolute atomic E-state index is 0.215. The average Bonchev–Trinajstić information content (AvgIpc) is 2.25. The van der Waals surface area contributed by atoms with Gasteiger partial charge >= 0.3 is 0 Å². The molecule has 1 aromatic carbocycles. The number of nitrogens with one attached hydrogen (secondary N) is 2. The van der Waals surface area contributed by atoms with Gasteiger partial charge in [-0.1, -0.05) is 12.1 Å². The molecule has 2 N–H and O–H groups in total. The molecular formula is C10H8BrN3O. The van der Waals surface area contributed by atoms with E-state index in [-0.39, 0.29) is 5.56 Å². The zero-order chi connectivity index (χ0) is 10.7. The number of rotatable bonds is 2. The van der Waals surface area contributed by atoms with E-state index in [0.29, 0.717) is 5.82 Å². The molecule has 4 nitrogen and oxygen atoms in total. The molecular weight excluding hydrogens is 258 g/mol. The van der Waals surface area contributed by atoms with Gasteiger partial charge in [0, 0.05) is 10.5 Å². The van der Waals surface area contributed by atoms with Crippen LogP contribution in [-0.4, -0.2) is 10.2 Å². The van der Waals surface area contributed by atoms with Gasteiger partial charge in [-0.3, -0.25) is 4.79 Å². The number of halogens is 1. The average molecular weight is 266 g/mol. The molecule has 2 rings (SSSR count). The van der Waals surface area contributed by atoms with Gasteiger partial charge in [-0.15, -0.1) is 0 Å². The minimum atomic E-state index is -0.215. The van der Waals surface area contributed by atoms with Crippen molar-refractivity contribution >= 4 is 27.4 Å². The summed E-state index contributed by atoms with van der Waals surface area (Å²) in [4.78, 5) is 10.8. The van der Waals surface area contributed by atoms with Crippen LogP contribution in [0.25, 0.3) is 0 Å². The van der Waals surface area contributed by atoms with Crippen LogP contribution in [0.1, 0.15) is 0 Å². The van der Waals surface area contributed by atoms with Crippen molar-refractivity contribution in [3.05, 3.63) is 51.2 Å². The smallest absolute Gasteiger partial charge is 0.264 e. The van der Waals surface area contributed by atoms with Gasteiger partial charge in [0.25, 0.3) is 5.56 Å². The molecule has 0 aliphatic heterocycles. The van der Waals surface area contributed by atoms with E-state index < -0.39 is 0 Å². The standard InChI is InChI=1S/C10H8BrN3O/c11-7-3-1-2-4-8(7)12-9-5-6-10(15)14-13-9/h1-6H,(H,12,13)(H,14,15). The fourth-order valence-electron chi connectivity index (χ4n) is 1.11. The van der Waals surface area contributed by atoms with Crippen LogP contribution in [0.15, 0.2) is 45.7 Å². The van der Waals surface area contributed by atoms with Crippen molar-refractivity contribution in [2.24, 2.45) is 0 Å². The molecule has 0 radical (unpaired) electrons. The molecule has 0 bridgehead atoms. The van der Waals surface area contributed by atoms with Gasteiger partial charge in [0.1, 0.15) is 0 Å². The molecule has 0 amide bonds. The van der Waals surface area contributed by atoms with Crippen molar-refractivity contribution in [3.8, 4) is 0 Å². The lowest BCUT2D eigenvalue weighted by Gasteiger charge is -2.05. The van der Waals surface area contributed by atoms with Crippen LogP contribution >= 0.6 is 15.9 Å². The molecule has 0 atom stereocenters. The summed E-state index contributed by atoms with van der Waals surface area (Å²) in [7, 11) is 0. The number of para-hydroxylation sites is 1. The highest BCUT2D eigenvalue weighted by Gasteiger charge is 1.99. The first-order valence-corrected chi connectivity index (χ1v) is 5.12. The van der Waals surface area contributed by atoms with Crippen LogP contribution in [0.4, 0.5) is 11.5 Å². The minimum Gasteiger partial charge on any atom is -0.338 e. The van der Waals surface area contributed by atoms with Crippen LogP contribution in [-0.2, 0) is 0 Å². The second-order valence-electron chi connectivity index (χ2n) is 2.91. The maximum atomic E-state index is 10.8. The Bertz CT molecular complexity index is 504. The molecule has 0 aliphatic rings. The zero-order valence-corrected chi connectivity index (χ0v) is 9.28. The van der Waals surface area contributed by atoms with Crippen LogP contribution in [0, 0.1) is 0 Å². The Morgan fingerprint density at radius 3 is 2.67 bits per heavy atom. The van der Waals surface area contributed by atoms with Crippen molar-refractivity contribution < 1.29 is 0 Å². The summed E-state index contributed by atoms with van der Waals surface area (Å²) < 4.78 is 0.943. The summed E-state index contributed by atoms with van der Waals surface area (Å²) in [6.45, 7) is 0. The van der Waals surface area contributed by atoms with Gasteiger partial charge in [-0.05, 0) is 34.1 Å². The third-order valence-electron chi connectivity index (χ3n) is 1.82. The van der Waals surface area contributed by atoms with Crippen LogP contribution in [0.5, 0.6) is 0 Å². The lowest BCUT2D eigenvalue weighted by molar-refractivity contribution is 0.994. The molecule has 0 saturated heterocycles. The Morgan fingerprint density at radius 2 is 2.00 bits per heavy atom. The third-order valence-corrected chi connectivity index (χ3v) is 2.51. The van der Waals surface area contributed by atoms with Gasteiger partial charge in [0.15, 0.2) is 5.82 Å². The van der Waals surface area contributed by atoms with Crippen LogP contribution < -0.4 is 10.9 Å². The number of nitrogens with zero attached hydrogens (tertiary/aromatic N) is 1. The summed E-state index contributed by atoms with van der Waals surface area (Å²) in [6, 6.07) is 10.7. The van der Waals surface area contributed by atoms with Gasteiger partial charge in [0.05, 0.1) is 5.69 Å². The van der Waals surface area contributed by atoms with Gasteiger partial charge in [-0.25, -0.2) is 5.10 Å². The number of hydrogen-bond acceptors (Lipinski definition) is 3. The Hall–Kier alpha value is -1.62. The van der Waals surface area contributed by atoms with Crippen molar-refractivity contribution in [1.82, 2.24) is 10.2 Å². The van der Waals surface area contributed by atoms with E-state index in [0.717, 1.165) is 10.2 Å². The second kappa shape index (κ2) is 4.27. The van der Waals surface area contributed by atoms with Gasteiger partial charge in [-0.2, -0.15) is 5.10 Å². The molecule has 1 aromatic heterocycles. The molecule has 76 valence electrons. The van der Waals surface area contributed by atoms with Crippen molar-refractivity contribution in [1.29, 1.82) is 0 Å². The molecule has 0 aliphatic carbocycles. The van der Waals surface area contributed by atoms with E-state index in [2.05, 4.69) is 31.4 Å². The second-order valence-corrected chi connectivity index (χ2v) is 3.77. The molecule has 0 spiro atoms. The number of anilines is 2. The summed E-state index contributed by atoms with van der Waals surface area (Å²) >= 11 is 3.41. The number of H-pyrrole nitrogens is 1. The zero-order valence-electron chi connectivity index (χ0n) is 7.70. The number of hydrogen-bond donors (Lipinski definition) is 2. The normalized spacial score (nSPS) is 9.93. The molecule has 15 heavy (non-hydrogen) atoms. The number of aromatic amines is 1. The highest BCUT2D eigenvalue weighted by Crippen LogP contribution is 2.23. The topological polar surface area (TPSA) is 57.8 Å². The monoisotopic (exact) mass is 265 g/mol. The van der Waals surface area contributed by atoms with E-state index >= 15 is 0 Å². The molecule has 1 heterocycles. The predicted molar refractivity (Wildman–Crippen MR) is 62.3 cm³/mol. The first kappa shape index (κ1) is 9.92. The first-order chi connectivity index (χ1) is 7.25. The summed E-state index contributed by atoms with van der Waals surface area (Å²) in [5, 5.41) is 9.27. The van der Waals surface area contributed by atoms with E-state index in [9.17, 15) is 4.79 Å². The summed E-state index contributed by atoms with van der Waals surface area (Å²) in [6.07, 6.45) is 0. The first-order valence-electron chi connectivity index (χ1n) is 4.33. The maximum Gasteiger partial charge on any atom is 0.264 e. The predicted octanol–water partition coefficient (Wildman–Crippen LogP) is 2.28. The fourth-order valence-corrected chi connectivity index (χ4v) is 1.50.